The second-order valence-electron chi connectivity index (χ2n) is 5.81. The second-order valence-corrected chi connectivity index (χ2v) is 7.39. The average molecular weight is 386 g/mol. The summed E-state index contributed by atoms with van der Waals surface area (Å²) in [6, 6.07) is 10.2. The number of hydrogen-bond donors (Lipinski definition) is 1. The maximum absolute atomic E-state index is 12.8. The first-order chi connectivity index (χ1) is 11.8. The highest BCUT2D eigenvalue weighted by Gasteiger charge is 2.30. The molecule has 0 bridgehead atoms. The number of hydrogen-bond acceptors (Lipinski definition) is 2. The Bertz CT molecular complexity index is 794. The van der Waals surface area contributed by atoms with Crippen LogP contribution in [0.4, 0.5) is 13.2 Å². The molecule has 132 valence electrons. The van der Waals surface area contributed by atoms with E-state index in [0.717, 1.165) is 34.8 Å². The Morgan fingerprint density at radius 3 is 2.80 bits per heavy atom. The summed E-state index contributed by atoms with van der Waals surface area (Å²) in [5, 5.41) is 3.51. The van der Waals surface area contributed by atoms with Gasteiger partial charge in [0.2, 0.25) is 5.91 Å². The summed E-state index contributed by atoms with van der Waals surface area (Å²) in [5.41, 5.74) is 0.550. The van der Waals surface area contributed by atoms with Gasteiger partial charge in [-0.25, -0.2) is 0 Å². The van der Waals surface area contributed by atoms with Crippen molar-refractivity contribution in [1.29, 1.82) is 0 Å². The van der Waals surface area contributed by atoms with Crippen LogP contribution in [0.1, 0.15) is 29.2 Å². The molecule has 3 rings (SSSR count). The quantitative estimate of drug-likeness (QED) is 0.781. The van der Waals surface area contributed by atoms with E-state index in [1.165, 1.54) is 12.1 Å². The summed E-state index contributed by atoms with van der Waals surface area (Å²) < 4.78 is 38.3. The van der Waals surface area contributed by atoms with E-state index < -0.39 is 11.7 Å². The van der Waals surface area contributed by atoms with E-state index in [2.05, 4.69) is 5.32 Å². The highest BCUT2D eigenvalue weighted by atomic mass is 35.5. The molecule has 0 unspecified atom stereocenters. The van der Waals surface area contributed by atoms with Gasteiger partial charge in [0.1, 0.15) is 0 Å². The molecule has 0 radical (unpaired) electrons. The Kier molecular flexibility index (Phi) is 5.29. The van der Waals surface area contributed by atoms with E-state index in [1.807, 2.05) is 12.1 Å². The molecule has 0 aliphatic carbocycles. The molecule has 0 saturated carbocycles. The lowest BCUT2D eigenvalue weighted by atomic mass is 10.0. The lowest BCUT2D eigenvalue weighted by molar-refractivity contribution is -0.137. The van der Waals surface area contributed by atoms with Crippen LogP contribution in [0.15, 0.2) is 47.4 Å². The zero-order chi connectivity index (χ0) is 18.0. The van der Waals surface area contributed by atoms with Crippen molar-refractivity contribution < 1.29 is 18.0 Å². The smallest absolute Gasteiger partial charge is 0.349 e. The van der Waals surface area contributed by atoms with Crippen LogP contribution >= 0.6 is 23.4 Å². The lowest BCUT2D eigenvalue weighted by Crippen LogP contribution is -2.31. The van der Waals surface area contributed by atoms with E-state index in [1.54, 1.807) is 17.8 Å². The standard InChI is InChI=1S/C18H15ClF3NOS/c19-13-4-5-16-14(10-13)15(6-7-25-16)23-17(24)9-11-2-1-3-12(8-11)18(20,21)22/h1-5,8,10,15H,6-7,9H2,(H,23,24)/t15-/m0/s1. The maximum atomic E-state index is 12.8. The van der Waals surface area contributed by atoms with E-state index >= 15 is 0 Å². The van der Waals surface area contributed by atoms with Crippen molar-refractivity contribution in [3.8, 4) is 0 Å². The van der Waals surface area contributed by atoms with Crippen molar-refractivity contribution in [2.24, 2.45) is 0 Å². The molecule has 25 heavy (non-hydrogen) atoms. The fourth-order valence-corrected chi connectivity index (χ4v) is 4.09. The molecule has 1 amide bonds. The third-order valence-electron chi connectivity index (χ3n) is 3.97. The number of amides is 1. The molecular weight excluding hydrogens is 371 g/mol. The zero-order valence-corrected chi connectivity index (χ0v) is 14.6. The normalized spacial score (nSPS) is 17.0. The van der Waals surface area contributed by atoms with Crippen LogP contribution in [0.2, 0.25) is 5.02 Å². The van der Waals surface area contributed by atoms with Gasteiger partial charge >= 0.3 is 6.18 Å². The molecule has 1 heterocycles. The average Bonchev–Trinajstić information content (AvgIpc) is 2.55. The first kappa shape index (κ1) is 18.1. The van der Waals surface area contributed by atoms with Crippen molar-refractivity contribution in [2.75, 3.05) is 5.75 Å². The lowest BCUT2D eigenvalue weighted by Gasteiger charge is -2.26. The number of nitrogens with one attached hydrogen (secondary N) is 1. The van der Waals surface area contributed by atoms with Gasteiger partial charge in [-0.05, 0) is 41.8 Å². The van der Waals surface area contributed by atoms with Crippen molar-refractivity contribution in [3.05, 3.63) is 64.2 Å². The van der Waals surface area contributed by atoms with Gasteiger partial charge in [0.05, 0.1) is 18.0 Å². The minimum atomic E-state index is -4.41. The maximum Gasteiger partial charge on any atom is 0.416 e. The molecule has 1 N–H and O–H groups in total. The van der Waals surface area contributed by atoms with Gasteiger partial charge in [0.25, 0.3) is 0 Å². The molecule has 2 aromatic carbocycles. The summed E-state index contributed by atoms with van der Waals surface area (Å²) in [7, 11) is 0. The van der Waals surface area contributed by atoms with Gasteiger partial charge in [0, 0.05) is 15.7 Å². The monoisotopic (exact) mass is 385 g/mol. The van der Waals surface area contributed by atoms with Crippen LogP contribution in [0.3, 0.4) is 0 Å². The molecule has 2 nitrogen and oxygen atoms in total. The van der Waals surface area contributed by atoms with Gasteiger partial charge in [0.15, 0.2) is 0 Å². The number of thioether (sulfide) groups is 1. The molecule has 1 atom stereocenters. The number of halogens is 4. The van der Waals surface area contributed by atoms with Gasteiger partial charge in [-0.3, -0.25) is 4.79 Å². The predicted octanol–water partition coefficient (Wildman–Crippen LogP) is 5.25. The van der Waals surface area contributed by atoms with Crippen LogP contribution in [0.25, 0.3) is 0 Å². The topological polar surface area (TPSA) is 29.1 Å². The van der Waals surface area contributed by atoms with Crippen LogP contribution in [-0.2, 0) is 17.4 Å². The number of carbonyl (C=O) groups is 1. The second kappa shape index (κ2) is 7.30. The minimum absolute atomic E-state index is 0.0938. The van der Waals surface area contributed by atoms with E-state index in [9.17, 15) is 18.0 Å². The summed E-state index contributed by atoms with van der Waals surface area (Å²) in [5.74, 6) is 0.561. The fraction of sp³-hybridized carbons (Fsp3) is 0.278. The molecule has 1 aliphatic rings. The Balaban J connectivity index is 1.71. The van der Waals surface area contributed by atoms with E-state index in [-0.39, 0.29) is 18.4 Å². The number of alkyl halides is 3. The van der Waals surface area contributed by atoms with Crippen LogP contribution in [0, 0.1) is 0 Å². The zero-order valence-electron chi connectivity index (χ0n) is 13.1. The Hall–Kier alpha value is -1.66. The Morgan fingerprint density at radius 1 is 1.24 bits per heavy atom. The Labute approximate surface area is 152 Å². The summed E-state index contributed by atoms with van der Waals surface area (Å²) in [4.78, 5) is 13.4. The van der Waals surface area contributed by atoms with E-state index in [0.29, 0.717) is 10.6 Å². The number of rotatable bonds is 3. The first-order valence-corrected chi connectivity index (χ1v) is 9.07. The summed E-state index contributed by atoms with van der Waals surface area (Å²) >= 11 is 7.74. The van der Waals surface area contributed by atoms with Gasteiger partial charge < -0.3 is 5.32 Å². The summed E-state index contributed by atoms with van der Waals surface area (Å²) in [6.45, 7) is 0. The molecule has 7 heteroatoms. The number of fused-ring (bicyclic) bond motifs is 1. The third-order valence-corrected chi connectivity index (χ3v) is 5.32. The van der Waals surface area contributed by atoms with Gasteiger partial charge in [-0.2, -0.15) is 13.2 Å². The van der Waals surface area contributed by atoms with Crippen LogP contribution < -0.4 is 5.32 Å². The predicted molar refractivity (Wildman–Crippen MR) is 92.8 cm³/mol. The van der Waals surface area contributed by atoms with Gasteiger partial charge in [-0.15, -0.1) is 11.8 Å². The largest absolute Gasteiger partial charge is 0.416 e. The highest BCUT2D eigenvalue weighted by Crippen LogP contribution is 2.37. The van der Waals surface area contributed by atoms with Crippen molar-refractivity contribution in [1.82, 2.24) is 5.32 Å². The van der Waals surface area contributed by atoms with Crippen LogP contribution in [0.5, 0.6) is 0 Å². The number of carbonyl (C=O) groups excluding carboxylic acids is 1. The molecule has 2 aromatic rings. The van der Waals surface area contributed by atoms with Crippen molar-refractivity contribution in [2.45, 2.75) is 30.0 Å². The molecule has 0 aromatic heterocycles. The SMILES string of the molecule is O=C(Cc1cccc(C(F)(F)F)c1)N[C@H]1CCSc2ccc(Cl)cc21. The number of benzene rings is 2. The van der Waals surface area contributed by atoms with Crippen LogP contribution in [-0.4, -0.2) is 11.7 Å². The van der Waals surface area contributed by atoms with Gasteiger partial charge in [-0.1, -0.05) is 29.8 Å². The highest BCUT2D eigenvalue weighted by molar-refractivity contribution is 7.99. The molecule has 1 aliphatic heterocycles. The van der Waals surface area contributed by atoms with Crippen molar-refractivity contribution >= 4 is 29.3 Å². The minimum Gasteiger partial charge on any atom is -0.349 e. The van der Waals surface area contributed by atoms with E-state index in [4.69, 9.17) is 11.6 Å². The molecule has 0 fully saturated rings. The molecular formula is C18H15ClF3NOS. The first-order valence-electron chi connectivity index (χ1n) is 7.70. The fourth-order valence-electron chi connectivity index (χ4n) is 2.80. The third kappa shape index (κ3) is 4.50. The van der Waals surface area contributed by atoms with Crippen molar-refractivity contribution in [3.63, 3.8) is 0 Å². The molecule has 0 saturated heterocycles. The summed E-state index contributed by atoms with van der Waals surface area (Å²) in [6.07, 6.45) is -3.75. The Morgan fingerprint density at radius 2 is 2.04 bits per heavy atom. The molecule has 0 spiro atoms.